The van der Waals surface area contributed by atoms with Gasteiger partial charge in [0.1, 0.15) is 0 Å². The lowest BCUT2D eigenvalue weighted by Crippen LogP contribution is -2.02. The Morgan fingerprint density at radius 2 is 1.71 bits per heavy atom. The van der Waals surface area contributed by atoms with Gasteiger partial charge < -0.3 is 5.11 Å². The lowest BCUT2D eigenvalue weighted by atomic mass is 9.97. The topological polar surface area (TPSA) is 37.5 Å². The second-order valence-electron chi connectivity index (χ2n) is 6.41. The van der Waals surface area contributed by atoms with Gasteiger partial charge in [0.25, 0.3) is 0 Å². The van der Waals surface area contributed by atoms with Crippen LogP contribution < -0.4 is 0 Å². The van der Waals surface area contributed by atoms with E-state index in [4.69, 9.17) is 5.10 Å². The van der Waals surface area contributed by atoms with Gasteiger partial charge in [0.15, 0.2) is 0 Å². The Balaban J connectivity index is 2.25. The molecule has 0 aliphatic rings. The second kappa shape index (κ2) is 5.77. The van der Waals surface area contributed by atoms with E-state index in [1.807, 2.05) is 35.0 Å². The van der Waals surface area contributed by atoms with Gasteiger partial charge in [-0.3, -0.25) is 0 Å². The van der Waals surface area contributed by atoms with Crippen molar-refractivity contribution in [1.29, 1.82) is 0 Å². The SMILES string of the molecule is CC(C)c1c(CO)c(-c2ccccc2)c2c3ccccc3cnn12. The number of hydrogen-bond acceptors (Lipinski definition) is 2. The van der Waals surface area contributed by atoms with E-state index in [-0.39, 0.29) is 12.5 Å². The molecule has 3 heteroatoms. The summed E-state index contributed by atoms with van der Waals surface area (Å²) in [6.07, 6.45) is 1.91. The van der Waals surface area contributed by atoms with Gasteiger partial charge >= 0.3 is 0 Å². The van der Waals surface area contributed by atoms with E-state index < -0.39 is 0 Å². The van der Waals surface area contributed by atoms with Crippen LogP contribution in [0.4, 0.5) is 0 Å². The number of nitrogens with zero attached hydrogens (tertiary/aromatic N) is 2. The van der Waals surface area contributed by atoms with Crippen molar-refractivity contribution >= 4 is 16.3 Å². The molecule has 2 aromatic heterocycles. The van der Waals surface area contributed by atoms with E-state index in [1.54, 1.807) is 0 Å². The van der Waals surface area contributed by atoms with Crippen LogP contribution in [0.5, 0.6) is 0 Å². The third-order valence-corrected chi connectivity index (χ3v) is 4.58. The molecule has 0 bridgehead atoms. The van der Waals surface area contributed by atoms with Crippen LogP contribution in [0.3, 0.4) is 0 Å². The summed E-state index contributed by atoms with van der Waals surface area (Å²) in [5.41, 5.74) is 5.33. The highest BCUT2D eigenvalue weighted by atomic mass is 16.3. The maximum Gasteiger partial charge on any atom is 0.0810 e. The van der Waals surface area contributed by atoms with Crippen molar-refractivity contribution in [2.45, 2.75) is 26.4 Å². The van der Waals surface area contributed by atoms with Crippen LogP contribution in [0.15, 0.2) is 60.8 Å². The average molecular weight is 316 g/mol. The van der Waals surface area contributed by atoms with E-state index in [1.165, 1.54) is 0 Å². The van der Waals surface area contributed by atoms with Crippen molar-refractivity contribution in [3.8, 4) is 11.1 Å². The molecular formula is C21H20N2O. The summed E-state index contributed by atoms with van der Waals surface area (Å²) in [6, 6.07) is 18.6. The molecule has 2 heterocycles. The van der Waals surface area contributed by atoms with Crippen LogP contribution >= 0.6 is 0 Å². The lowest BCUT2D eigenvalue weighted by Gasteiger charge is -2.08. The van der Waals surface area contributed by atoms with Crippen molar-refractivity contribution in [1.82, 2.24) is 9.61 Å². The minimum Gasteiger partial charge on any atom is -0.392 e. The maximum absolute atomic E-state index is 10.1. The maximum atomic E-state index is 10.1. The summed E-state index contributed by atoms with van der Waals surface area (Å²) < 4.78 is 2.01. The zero-order valence-corrected chi connectivity index (χ0v) is 13.9. The van der Waals surface area contributed by atoms with Gasteiger partial charge in [0.05, 0.1) is 24.0 Å². The molecule has 0 atom stereocenters. The van der Waals surface area contributed by atoms with E-state index in [0.29, 0.717) is 0 Å². The molecule has 120 valence electrons. The highest BCUT2D eigenvalue weighted by molar-refractivity contribution is 6.04. The molecule has 1 N–H and O–H groups in total. The molecule has 0 amide bonds. The Labute approximate surface area is 141 Å². The lowest BCUT2D eigenvalue weighted by molar-refractivity contribution is 0.280. The van der Waals surface area contributed by atoms with E-state index in [0.717, 1.165) is 38.7 Å². The van der Waals surface area contributed by atoms with Crippen molar-refractivity contribution in [2.24, 2.45) is 0 Å². The van der Waals surface area contributed by atoms with Gasteiger partial charge in [-0.2, -0.15) is 5.10 Å². The van der Waals surface area contributed by atoms with E-state index in [2.05, 4.69) is 44.2 Å². The highest BCUT2D eigenvalue weighted by Gasteiger charge is 2.23. The van der Waals surface area contributed by atoms with Gasteiger partial charge in [-0.05, 0) is 11.5 Å². The van der Waals surface area contributed by atoms with Crippen LogP contribution in [0.25, 0.3) is 27.4 Å². The Morgan fingerprint density at radius 3 is 2.42 bits per heavy atom. The van der Waals surface area contributed by atoms with Gasteiger partial charge in [0, 0.05) is 21.9 Å². The number of aromatic nitrogens is 2. The molecule has 0 spiro atoms. The number of aliphatic hydroxyl groups excluding tert-OH is 1. The number of hydrogen-bond donors (Lipinski definition) is 1. The first-order chi connectivity index (χ1) is 11.7. The first-order valence-corrected chi connectivity index (χ1v) is 8.30. The molecule has 0 aliphatic carbocycles. The molecule has 0 radical (unpaired) electrons. The zero-order valence-electron chi connectivity index (χ0n) is 13.9. The minimum atomic E-state index is 0.00935. The number of fused-ring (bicyclic) bond motifs is 3. The molecule has 2 aromatic carbocycles. The molecule has 3 nitrogen and oxygen atoms in total. The Hall–Kier alpha value is -2.65. The number of rotatable bonds is 3. The van der Waals surface area contributed by atoms with E-state index >= 15 is 0 Å². The summed E-state index contributed by atoms with van der Waals surface area (Å²) in [4.78, 5) is 0. The Morgan fingerprint density at radius 1 is 1.00 bits per heavy atom. The monoisotopic (exact) mass is 316 g/mol. The van der Waals surface area contributed by atoms with Gasteiger partial charge in [-0.25, -0.2) is 4.52 Å². The van der Waals surface area contributed by atoms with Crippen LogP contribution in [0.1, 0.15) is 31.0 Å². The predicted octanol–water partition coefficient (Wildman–Crippen LogP) is 4.77. The van der Waals surface area contributed by atoms with Crippen LogP contribution in [0.2, 0.25) is 0 Å². The summed E-state index contributed by atoms with van der Waals surface area (Å²) in [6.45, 7) is 4.30. The first-order valence-electron chi connectivity index (χ1n) is 8.30. The van der Waals surface area contributed by atoms with Crippen molar-refractivity contribution in [2.75, 3.05) is 0 Å². The number of aliphatic hydroxyl groups is 1. The van der Waals surface area contributed by atoms with Crippen LogP contribution in [0, 0.1) is 0 Å². The fourth-order valence-corrected chi connectivity index (χ4v) is 3.61. The zero-order chi connectivity index (χ0) is 16.7. The third kappa shape index (κ3) is 2.13. The molecule has 24 heavy (non-hydrogen) atoms. The average Bonchev–Trinajstić information content (AvgIpc) is 2.97. The Kier molecular flexibility index (Phi) is 3.58. The van der Waals surface area contributed by atoms with Crippen LogP contribution in [-0.2, 0) is 6.61 Å². The molecule has 4 aromatic rings. The molecule has 0 fully saturated rings. The summed E-state index contributed by atoms with van der Waals surface area (Å²) >= 11 is 0. The fraction of sp³-hybridized carbons (Fsp3) is 0.190. The fourth-order valence-electron chi connectivity index (χ4n) is 3.61. The molecule has 0 unspecified atom stereocenters. The van der Waals surface area contributed by atoms with Crippen LogP contribution in [-0.4, -0.2) is 14.7 Å². The largest absolute Gasteiger partial charge is 0.392 e. The van der Waals surface area contributed by atoms with Crippen molar-refractivity contribution < 1.29 is 5.11 Å². The Bertz CT molecular complexity index is 1020. The normalized spacial score (nSPS) is 11.7. The van der Waals surface area contributed by atoms with Gasteiger partial charge in [0.2, 0.25) is 0 Å². The van der Waals surface area contributed by atoms with Gasteiger partial charge in [-0.1, -0.05) is 68.4 Å². The highest BCUT2D eigenvalue weighted by Crippen LogP contribution is 2.39. The van der Waals surface area contributed by atoms with E-state index in [9.17, 15) is 5.11 Å². The molecule has 0 saturated carbocycles. The third-order valence-electron chi connectivity index (χ3n) is 4.58. The van der Waals surface area contributed by atoms with Crippen molar-refractivity contribution in [3.05, 3.63) is 72.1 Å². The minimum absolute atomic E-state index is 0.00935. The summed E-state index contributed by atoms with van der Waals surface area (Å²) in [5, 5.41) is 17.1. The summed E-state index contributed by atoms with van der Waals surface area (Å²) in [5.74, 6) is 0.269. The van der Waals surface area contributed by atoms with Crippen molar-refractivity contribution in [3.63, 3.8) is 0 Å². The smallest absolute Gasteiger partial charge is 0.0810 e. The molecule has 4 rings (SSSR count). The molecule has 0 aliphatic heterocycles. The summed E-state index contributed by atoms with van der Waals surface area (Å²) in [7, 11) is 0. The first kappa shape index (κ1) is 14.9. The van der Waals surface area contributed by atoms with Gasteiger partial charge in [-0.15, -0.1) is 0 Å². The predicted molar refractivity (Wildman–Crippen MR) is 98.1 cm³/mol. The molecular weight excluding hydrogens is 296 g/mol. The standard InChI is InChI=1S/C21H20N2O/c1-14(2)20-18(13-24)19(15-8-4-3-5-9-15)21-17-11-7-6-10-16(17)12-22-23(20)21/h3-12,14,24H,13H2,1-2H3. The quantitative estimate of drug-likeness (QED) is 0.591. The number of benzene rings is 2. The molecule has 0 saturated heterocycles. The second-order valence-corrected chi connectivity index (χ2v) is 6.41.